The number of benzene rings is 1. The van der Waals surface area contributed by atoms with Gasteiger partial charge in [-0.25, -0.2) is 18.0 Å². The van der Waals surface area contributed by atoms with E-state index < -0.39 is 40.4 Å². The van der Waals surface area contributed by atoms with E-state index in [4.69, 9.17) is 0 Å². The molecular weight excluding hydrogens is 275 g/mol. The van der Waals surface area contributed by atoms with Crippen molar-refractivity contribution < 1.29 is 27.5 Å². The number of esters is 1. The van der Waals surface area contributed by atoms with Gasteiger partial charge in [-0.05, 0) is 25.5 Å². The summed E-state index contributed by atoms with van der Waals surface area (Å²) in [5.41, 5.74) is -1.77. The molecule has 0 heterocycles. The normalized spacial score (nSPS) is 13.5. The van der Waals surface area contributed by atoms with Crippen LogP contribution in [0.5, 0.6) is 0 Å². The number of amides is 1. The van der Waals surface area contributed by atoms with Crippen LogP contribution >= 0.6 is 0 Å². The number of carbonyl (C=O) groups excluding carboxylic acids is 2. The van der Waals surface area contributed by atoms with Crippen LogP contribution in [-0.2, 0) is 9.53 Å². The predicted octanol–water partition coefficient (Wildman–Crippen LogP) is 2.18. The summed E-state index contributed by atoms with van der Waals surface area (Å²) in [4.78, 5) is 23.5. The third kappa shape index (κ3) is 3.09. The van der Waals surface area contributed by atoms with Gasteiger partial charge in [0.15, 0.2) is 17.5 Å². The topological polar surface area (TPSA) is 55.4 Å². The molecule has 1 rings (SSSR count). The van der Waals surface area contributed by atoms with Crippen LogP contribution in [-0.4, -0.2) is 24.5 Å². The molecule has 0 bridgehead atoms. The Morgan fingerprint density at radius 2 is 1.75 bits per heavy atom. The largest absolute Gasteiger partial charge is 0.467 e. The molecule has 0 radical (unpaired) electrons. The quantitative estimate of drug-likeness (QED) is 0.682. The first-order chi connectivity index (χ1) is 9.25. The molecule has 1 aromatic carbocycles. The van der Waals surface area contributed by atoms with Crippen LogP contribution in [0.1, 0.15) is 30.6 Å². The van der Waals surface area contributed by atoms with Crippen molar-refractivity contribution in [3.05, 3.63) is 35.1 Å². The molecule has 1 aromatic rings. The fraction of sp³-hybridized carbons (Fsp3) is 0.385. The lowest BCUT2D eigenvalue weighted by molar-refractivity contribution is -0.147. The van der Waals surface area contributed by atoms with Crippen LogP contribution in [0.3, 0.4) is 0 Å². The molecular formula is C13H14F3NO3. The highest BCUT2D eigenvalue weighted by molar-refractivity contribution is 5.98. The maximum absolute atomic E-state index is 13.1. The minimum absolute atomic E-state index is 0.206. The first-order valence-electron chi connectivity index (χ1n) is 5.80. The van der Waals surface area contributed by atoms with Gasteiger partial charge in [-0.15, -0.1) is 0 Å². The number of halogens is 3. The molecule has 0 fully saturated rings. The molecule has 0 saturated heterocycles. The number of ether oxygens (including phenoxy) is 1. The average molecular weight is 289 g/mol. The zero-order chi connectivity index (χ0) is 15.5. The minimum Gasteiger partial charge on any atom is -0.467 e. The Bertz CT molecular complexity index is 525. The highest BCUT2D eigenvalue weighted by atomic mass is 19.2. The third-order valence-electron chi connectivity index (χ3n) is 2.98. The molecule has 0 aliphatic heterocycles. The number of hydrogen-bond acceptors (Lipinski definition) is 3. The molecule has 0 unspecified atom stereocenters. The fourth-order valence-corrected chi connectivity index (χ4v) is 1.52. The van der Waals surface area contributed by atoms with E-state index in [2.05, 4.69) is 10.1 Å². The molecule has 0 spiro atoms. The Kier molecular flexibility index (Phi) is 4.75. The van der Waals surface area contributed by atoms with Gasteiger partial charge in [0.1, 0.15) is 5.54 Å². The van der Waals surface area contributed by atoms with Crippen molar-refractivity contribution in [2.24, 2.45) is 0 Å². The molecule has 0 saturated carbocycles. The van der Waals surface area contributed by atoms with Gasteiger partial charge in [-0.1, -0.05) is 6.92 Å². The lowest BCUT2D eigenvalue weighted by Gasteiger charge is -2.26. The Morgan fingerprint density at radius 3 is 2.15 bits per heavy atom. The summed E-state index contributed by atoms with van der Waals surface area (Å²) < 4.78 is 43.5. The summed E-state index contributed by atoms with van der Waals surface area (Å²) in [6.07, 6.45) is 0.206. The van der Waals surface area contributed by atoms with Gasteiger partial charge in [0.05, 0.1) is 7.11 Å². The van der Waals surface area contributed by atoms with Gasteiger partial charge in [0, 0.05) is 5.56 Å². The van der Waals surface area contributed by atoms with Crippen LogP contribution in [0.15, 0.2) is 12.1 Å². The SMILES string of the molecule is CC[C@](C)(NC(=O)c1cc(F)c(F)c(F)c1)C(=O)OC. The maximum atomic E-state index is 13.1. The second-order valence-corrected chi connectivity index (χ2v) is 4.39. The van der Waals surface area contributed by atoms with Crippen LogP contribution < -0.4 is 5.32 Å². The zero-order valence-corrected chi connectivity index (χ0v) is 11.2. The van der Waals surface area contributed by atoms with Crippen molar-refractivity contribution in [3.8, 4) is 0 Å². The van der Waals surface area contributed by atoms with Gasteiger partial charge < -0.3 is 10.1 Å². The first-order valence-corrected chi connectivity index (χ1v) is 5.80. The van der Waals surface area contributed by atoms with Crippen LogP contribution in [0.2, 0.25) is 0 Å². The summed E-state index contributed by atoms with van der Waals surface area (Å²) in [5, 5.41) is 2.31. The summed E-state index contributed by atoms with van der Waals surface area (Å²) in [7, 11) is 1.15. The van der Waals surface area contributed by atoms with Crippen molar-refractivity contribution in [1.29, 1.82) is 0 Å². The van der Waals surface area contributed by atoms with Crippen molar-refractivity contribution in [2.45, 2.75) is 25.8 Å². The Labute approximate surface area is 113 Å². The molecule has 0 aliphatic carbocycles. The van der Waals surface area contributed by atoms with Crippen molar-refractivity contribution in [2.75, 3.05) is 7.11 Å². The van der Waals surface area contributed by atoms with Crippen molar-refractivity contribution >= 4 is 11.9 Å². The lowest BCUT2D eigenvalue weighted by atomic mass is 9.98. The number of methoxy groups -OCH3 is 1. The molecule has 4 nitrogen and oxygen atoms in total. The highest BCUT2D eigenvalue weighted by Crippen LogP contribution is 2.16. The van der Waals surface area contributed by atoms with Crippen LogP contribution in [0.25, 0.3) is 0 Å². The van der Waals surface area contributed by atoms with E-state index in [0.29, 0.717) is 12.1 Å². The number of rotatable bonds is 4. The standard InChI is InChI=1S/C13H14F3NO3/c1-4-13(2,12(19)20-3)17-11(18)7-5-8(14)10(16)9(15)6-7/h5-6H,4H2,1-3H3,(H,17,18)/t13-/m0/s1. The van der Waals surface area contributed by atoms with E-state index in [0.717, 1.165) is 7.11 Å². The smallest absolute Gasteiger partial charge is 0.331 e. The molecule has 0 aromatic heterocycles. The molecule has 1 atom stereocenters. The van der Waals surface area contributed by atoms with Crippen LogP contribution in [0, 0.1) is 17.5 Å². The maximum Gasteiger partial charge on any atom is 0.331 e. The fourth-order valence-electron chi connectivity index (χ4n) is 1.52. The van der Waals surface area contributed by atoms with E-state index in [1.165, 1.54) is 6.92 Å². The molecule has 110 valence electrons. The Morgan fingerprint density at radius 1 is 1.25 bits per heavy atom. The Hall–Kier alpha value is -2.05. The summed E-state index contributed by atoms with van der Waals surface area (Å²) in [5.74, 6) is -6.22. The summed E-state index contributed by atoms with van der Waals surface area (Å²) in [6, 6.07) is 1.11. The molecule has 1 N–H and O–H groups in total. The second kappa shape index (κ2) is 5.94. The van der Waals surface area contributed by atoms with E-state index in [9.17, 15) is 22.8 Å². The molecule has 7 heteroatoms. The van der Waals surface area contributed by atoms with E-state index in [-0.39, 0.29) is 6.42 Å². The second-order valence-electron chi connectivity index (χ2n) is 4.39. The van der Waals surface area contributed by atoms with Crippen molar-refractivity contribution in [3.63, 3.8) is 0 Å². The monoisotopic (exact) mass is 289 g/mol. The van der Waals surface area contributed by atoms with Gasteiger partial charge in [0.2, 0.25) is 0 Å². The van der Waals surface area contributed by atoms with E-state index in [1.807, 2.05) is 0 Å². The summed E-state index contributed by atoms with van der Waals surface area (Å²) in [6.45, 7) is 3.04. The summed E-state index contributed by atoms with van der Waals surface area (Å²) >= 11 is 0. The van der Waals surface area contributed by atoms with Gasteiger partial charge in [0.25, 0.3) is 5.91 Å². The average Bonchev–Trinajstić information content (AvgIpc) is 2.42. The number of carbonyl (C=O) groups is 2. The number of nitrogens with one attached hydrogen (secondary N) is 1. The molecule has 0 aliphatic rings. The van der Waals surface area contributed by atoms with Gasteiger partial charge >= 0.3 is 5.97 Å². The molecule has 1 amide bonds. The van der Waals surface area contributed by atoms with E-state index in [1.54, 1.807) is 6.92 Å². The zero-order valence-electron chi connectivity index (χ0n) is 11.2. The molecule has 20 heavy (non-hydrogen) atoms. The highest BCUT2D eigenvalue weighted by Gasteiger charge is 2.34. The number of hydrogen-bond donors (Lipinski definition) is 1. The first kappa shape index (κ1) is 16.0. The van der Waals surface area contributed by atoms with E-state index >= 15 is 0 Å². The van der Waals surface area contributed by atoms with Gasteiger partial charge in [-0.2, -0.15) is 0 Å². The van der Waals surface area contributed by atoms with Crippen molar-refractivity contribution in [1.82, 2.24) is 5.32 Å². The third-order valence-corrected chi connectivity index (χ3v) is 2.98. The van der Waals surface area contributed by atoms with Crippen LogP contribution in [0.4, 0.5) is 13.2 Å². The Balaban J connectivity index is 3.05. The predicted molar refractivity (Wildman–Crippen MR) is 64.5 cm³/mol. The minimum atomic E-state index is -1.66. The van der Waals surface area contributed by atoms with Gasteiger partial charge in [-0.3, -0.25) is 4.79 Å². The lowest BCUT2D eigenvalue weighted by Crippen LogP contribution is -2.52.